The van der Waals surface area contributed by atoms with Crippen molar-refractivity contribution in [2.24, 2.45) is 0 Å². The Kier molecular flexibility index (Phi) is 8.40. The van der Waals surface area contributed by atoms with Crippen LogP contribution in [0, 0.1) is 13.8 Å². The zero-order valence-electron chi connectivity index (χ0n) is 27.3. The van der Waals surface area contributed by atoms with Gasteiger partial charge in [0.05, 0.1) is 22.6 Å². The topological polar surface area (TPSA) is 51.2 Å². The highest BCUT2D eigenvalue weighted by Gasteiger charge is 2.51. The number of amides is 1. The van der Waals surface area contributed by atoms with Crippen LogP contribution in [-0.2, 0) is 14.0 Å². The Bertz CT molecular complexity index is 1570. The minimum Gasteiger partial charge on any atom is -0.443 e. The highest BCUT2D eigenvalue weighted by molar-refractivity contribution is 6.62. The van der Waals surface area contributed by atoms with Gasteiger partial charge in [0.25, 0.3) is 0 Å². The molecule has 0 spiro atoms. The molecule has 228 valence electrons. The Labute approximate surface area is 262 Å². The molecule has 1 aliphatic heterocycles. The van der Waals surface area contributed by atoms with Gasteiger partial charge in [0.2, 0.25) is 0 Å². The molecule has 0 N–H and O–H groups in total. The lowest BCUT2D eigenvalue weighted by Gasteiger charge is -2.32. The smallest absolute Gasteiger partial charge is 0.443 e. The summed E-state index contributed by atoms with van der Waals surface area (Å²) in [5.74, 6) is 0. The van der Waals surface area contributed by atoms with Gasteiger partial charge in [-0.05, 0) is 128 Å². The van der Waals surface area contributed by atoms with Gasteiger partial charge in [-0.15, -0.1) is 0 Å². The standard InChI is InChI=1S/C37H43BN2O4/c1-26-10-16-29(17-11-26)39(30-20-14-28(15-21-30)38-43-36(6,7)37(8,9)44-38)31-22-24-33(25-23-31)40(34(41)42-35(3,4)5)32-18-12-27(2)13-19-32/h10-25H,1-9H3. The fourth-order valence-corrected chi connectivity index (χ4v) is 5.01. The number of aryl methyl sites for hydroxylation is 2. The summed E-state index contributed by atoms with van der Waals surface area (Å²) in [5, 5.41) is 0. The Hall–Kier alpha value is -4.07. The van der Waals surface area contributed by atoms with Crippen molar-refractivity contribution in [1.29, 1.82) is 0 Å². The van der Waals surface area contributed by atoms with E-state index in [1.165, 1.54) is 5.56 Å². The molecule has 0 aliphatic carbocycles. The zero-order chi connectivity index (χ0) is 31.9. The molecule has 6 nitrogen and oxygen atoms in total. The van der Waals surface area contributed by atoms with Crippen LogP contribution in [0.3, 0.4) is 0 Å². The van der Waals surface area contributed by atoms with E-state index in [0.717, 1.165) is 33.8 Å². The van der Waals surface area contributed by atoms with Gasteiger partial charge in [-0.3, -0.25) is 0 Å². The number of nitrogens with zero attached hydrogens (tertiary/aromatic N) is 2. The first-order valence-corrected chi connectivity index (χ1v) is 15.2. The van der Waals surface area contributed by atoms with E-state index < -0.39 is 30.0 Å². The first kappa shape index (κ1) is 31.4. The summed E-state index contributed by atoms with van der Waals surface area (Å²) in [4.78, 5) is 17.2. The van der Waals surface area contributed by atoms with Gasteiger partial charge >= 0.3 is 13.2 Å². The van der Waals surface area contributed by atoms with Crippen LogP contribution in [0.2, 0.25) is 0 Å². The number of rotatable bonds is 6. The second kappa shape index (κ2) is 11.8. The minimum atomic E-state index is -0.631. The largest absolute Gasteiger partial charge is 0.494 e. The maximum absolute atomic E-state index is 13.4. The normalized spacial score (nSPS) is 15.6. The van der Waals surface area contributed by atoms with Crippen LogP contribution in [0.1, 0.15) is 59.6 Å². The maximum atomic E-state index is 13.4. The van der Waals surface area contributed by atoms with Gasteiger partial charge < -0.3 is 18.9 Å². The fraction of sp³-hybridized carbons (Fsp3) is 0.324. The molecule has 0 bridgehead atoms. The van der Waals surface area contributed by atoms with E-state index >= 15 is 0 Å². The van der Waals surface area contributed by atoms with Crippen molar-refractivity contribution in [3.63, 3.8) is 0 Å². The van der Waals surface area contributed by atoms with Crippen LogP contribution in [0.25, 0.3) is 0 Å². The predicted molar refractivity (Wildman–Crippen MR) is 181 cm³/mol. The third kappa shape index (κ3) is 6.69. The Morgan fingerprint density at radius 3 is 1.36 bits per heavy atom. The van der Waals surface area contributed by atoms with E-state index in [1.54, 1.807) is 4.90 Å². The molecular weight excluding hydrogens is 547 g/mol. The van der Waals surface area contributed by atoms with E-state index in [1.807, 2.05) is 76.2 Å². The number of hydrogen-bond donors (Lipinski definition) is 0. The van der Waals surface area contributed by atoms with Gasteiger partial charge in [0, 0.05) is 17.1 Å². The molecule has 1 aliphatic rings. The summed E-state index contributed by atoms with van der Waals surface area (Å²) in [5.41, 5.74) is 6.26. The number of hydrogen-bond acceptors (Lipinski definition) is 5. The zero-order valence-corrected chi connectivity index (χ0v) is 27.3. The van der Waals surface area contributed by atoms with Crippen LogP contribution in [0.15, 0.2) is 97.1 Å². The van der Waals surface area contributed by atoms with Crippen molar-refractivity contribution in [2.45, 2.75) is 79.1 Å². The summed E-state index contributed by atoms with van der Waals surface area (Å²) in [6.07, 6.45) is -0.428. The van der Waals surface area contributed by atoms with Crippen LogP contribution >= 0.6 is 0 Å². The molecule has 4 aromatic rings. The third-order valence-corrected chi connectivity index (χ3v) is 8.20. The lowest BCUT2D eigenvalue weighted by Crippen LogP contribution is -2.41. The van der Waals surface area contributed by atoms with Gasteiger partial charge in [0.1, 0.15) is 5.60 Å². The van der Waals surface area contributed by atoms with Crippen LogP contribution < -0.4 is 15.3 Å². The summed E-state index contributed by atoms with van der Waals surface area (Å²) in [6, 6.07) is 32.6. The summed E-state index contributed by atoms with van der Waals surface area (Å²) in [6.45, 7) is 18.0. The SMILES string of the molecule is Cc1ccc(N(C(=O)OC(C)(C)C)c2ccc(N(c3ccc(C)cc3)c3ccc(B4OC(C)(C)C(C)(C)O4)cc3)cc2)cc1. The molecule has 4 aromatic carbocycles. The molecular formula is C37H43BN2O4. The number of anilines is 5. The van der Waals surface area contributed by atoms with Crippen molar-refractivity contribution in [2.75, 3.05) is 9.80 Å². The number of carbonyl (C=O) groups excluding carboxylic acids is 1. The van der Waals surface area contributed by atoms with Crippen molar-refractivity contribution in [3.8, 4) is 0 Å². The van der Waals surface area contributed by atoms with Crippen molar-refractivity contribution >= 4 is 47.1 Å². The first-order chi connectivity index (χ1) is 20.6. The number of carbonyl (C=O) groups is 1. The summed E-state index contributed by atoms with van der Waals surface area (Å²) < 4.78 is 18.4. The van der Waals surface area contributed by atoms with Gasteiger partial charge in [0.15, 0.2) is 0 Å². The average Bonchev–Trinajstić information content (AvgIpc) is 3.17. The Morgan fingerprint density at radius 1 is 0.614 bits per heavy atom. The maximum Gasteiger partial charge on any atom is 0.494 e. The van der Waals surface area contributed by atoms with Gasteiger partial charge in [-0.1, -0.05) is 47.5 Å². The molecule has 0 aromatic heterocycles. The first-order valence-electron chi connectivity index (χ1n) is 15.2. The predicted octanol–water partition coefficient (Wildman–Crippen LogP) is 9.15. The molecule has 1 heterocycles. The Balaban J connectivity index is 1.50. The molecule has 0 radical (unpaired) electrons. The Morgan fingerprint density at radius 2 is 0.955 bits per heavy atom. The molecule has 44 heavy (non-hydrogen) atoms. The van der Waals surface area contributed by atoms with E-state index in [4.69, 9.17) is 14.0 Å². The highest BCUT2D eigenvalue weighted by Crippen LogP contribution is 2.39. The molecule has 0 atom stereocenters. The van der Waals surface area contributed by atoms with E-state index in [2.05, 4.69) is 88.0 Å². The van der Waals surface area contributed by atoms with Crippen molar-refractivity contribution in [3.05, 3.63) is 108 Å². The quantitative estimate of drug-likeness (QED) is 0.210. The lowest BCUT2D eigenvalue weighted by atomic mass is 9.79. The fourth-order valence-electron chi connectivity index (χ4n) is 5.01. The van der Waals surface area contributed by atoms with Crippen LogP contribution in [0.5, 0.6) is 0 Å². The third-order valence-electron chi connectivity index (χ3n) is 8.20. The van der Waals surface area contributed by atoms with Crippen molar-refractivity contribution in [1.82, 2.24) is 0 Å². The molecule has 0 saturated carbocycles. The molecule has 1 fully saturated rings. The number of ether oxygens (including phenoxy) is 1. The second-order valence-electron chi connectivity index (χ2n) is 13.5. The number of benzene rings is 4. The molecule has 7 heteroatoms. The lowest BCUT2D eigenvalue weighted by molar-refractivity contribution is 0.00578. The molecule has 0 unspecified atom stereocenters. The molecule has 1 amide bonds. The molecule has 5 rings (SSSR count). The second-order valence-corrected chi connectivity index (χ2v) is 13.5. The summed E-state index contributed by atoms with van der Waals surface area (Å²) >= 11 is 0. The van der Waals surface area contributed by atoms with Gasteiger partial charge in [-0.25, -0.2) is 9.69 Å². The van der Waals surface area contributed by atoms with E-state index in [-0.39, 0.29) is 0 Å². The minimum absolute atomic E-state index is 0.405. The van der Waals surface area contributed by atoms with E-state index in [0.29, 0.717) is 5.69 Å². The average molecular weight is 591 g/mol. The molecule has 1 saturated heterocycles. The van der Waals surface area contributed by atoms with Crippen LogP contribution in [-0.4, -0.2) is 30.0 Å². The van der Waals surface area contributed by atoms with Gasteiger partial charge in [-0.2, -0.15) is 0 Å². The van der Waals surface area contributed by atoms with E-state index in [9.17, 15) is 4.79 Å². The van der Waals surface area contributed by atoms with Crippen molar-refractivity contribution < 1.29 is 18.8 Å². The van der Waals surface area contributed by atoms with Crippen LogP contribution in [0.4, 0.5) is 33.2 Å². The highest BCUT2D eigenvalue weighted by atomic mass is 16.7. The monoisotopic (exact) mass is 590 g/mol. The summed E-state index contributed by atoms with van der Waals surface area (Å²) in [7, 11) is -0.429.